The number of hydrogen-bond acceptors (Lipinski definition) is 2. The lowest BCUT2D eigenvalue weighted by molar-refractivity contribution is -0.137. The Bertz CT molecular complexity index is 602. The molecule has 0 amide bonds. The van der Waals surface area contributed by atoms with Crippen LogP contribution in [0.4, 0.5) is 13.2 Å². The third-order valence-electron chi connectivity index (χ3n) is 3.35. The van der Waals surface area contributed by atoms with Gasteiger partial charge >= 0.3 is 13.3 Å². The van der Waals surface area contributed by atoms with E-state index in [1.165, 1.54) is 12.1 Å². The van der Waals surface area contributed by atoms with Gasteiger partial charge in [0.1, 0.15) is 0 Å². The van der Waals surface area contributed by atoms with Gasteiger partial charge in [0, 0.05) is 0 Å². The first-order valence-corrected chi connectivity index (χ1v) is 6.55. The summed E-state index contributed by atoms with van der Waals surface area (Å²) in [4.78, 5) is 0. The molecule has 1 aliphatic rings. The van der Waals surface area contributed by atoms with Gasteiger partial charge in [0.25, 0.3) is 0 Å². The average Bonchev–Trinajstić information content (AvgIpc) is 3.01. The minimum absolute atomic E-state index is 0.341. The SMILES string of the molecule is FC(F)(F)c1ccc(-c2ccc(B3OCCO3)cc2)cc1. The minimum Gasteiger partial charge on any atom is -0.405 e. The van der Waals surface area contributed by atoms with Crippen LogP contribution in [0.15, 0.2) is 48.5 Å². The van der Waals surface area contributed by atoms with E-state index in [1.54, 1.807) is 0 Å². The third kappa shape index (κ3) is 3.11. The minimum atomic E-state index is -4.31. The maximum atomic E-state index is 12.5. The molecule has 1 saturated heterocycles. The highest BCUT2D eigenvalue weighted by Crippen LogP contribution is 2.30. The molecule has 6 heteroatoms. The van der Waals surface area contributed by atoms with Crippen molar-refractivity contribution >= 4 is 12.6 Å². The second kappa shape index (κ2) is 5.54. The molecule has 0 aromatic heterocycles. The van der Waals surface area contributed by atoms with Gasteiger partial charge in [0.05, 0.1) is 18.8 Å². The Morgan fingerprint density at radius 3 is 1.71 bits per heavy atom. The highest BCUT2D eigenvalue weighted by atomic mass is 19.4. The quantitative estimate of drug-likeness (QED) is 0.792. The molecule has 0 aliphatic carbocycles. The zero-order valence-electron chi connectivity index (χ0n) is 11.1. The predicted molar refractivity (Wildman–Crippen MR) is 74.2 cm³/mol. The van der Waals surface area contributed by atoms with E-state index in [4.69, 9.17) is 9.31 Å². The number of hydrogen-bond donors (Lipinski definition) is 0. The molecule has 0 N–H and O–H groups in total. The maximum Gasteiger partial charge on any atom is 0.494 e. The molecule has 1 fully saturated rings. The van der Waals surface area contributed by atoms with E-state index in [0.29, 0.717) is 13.2 Å². The van der Waals surface area contributed by atoms with Gasteiger partial charge in [0.15, 0.2) is 0 Å². The van der Waals surface area contributed by atoms with Crippen LogP contribution in [-0.2, 0) is 15.5 Å². The molecule has 0 atom stereocenters. The van der Waals surface area contributed by atoms with E-state index in [0.717, 1.165) is 28.7 Å². The van der Waals surface area contributed by atoms with Crippen LogP contribution in [0.1, 0.15) is 5.56 Å². The predicted octanol–water partition coefficient (Wildman–Crippen LogP) is 3.11. The van der Waals surface area contributed by atoms with Crippen molar-refractivity contribution in [1.82, 2.24) is 0 Å². The molecular weight excluding hydrogens is 280 g/mol. The van der Waals surface area contributed by atoms with E-state index in [-0.39, 0.29) is 7.12 Å². The fourth-order valence-corrected chi connectivity index (χ4v) is 2.24. The third-order valence-corrected chi connectivity index (χ3v) is 3.35. The largest absolute Gasteiger partial charge is 0.494 e. The first-order chi connectivity index (χ1) is 10.0. The summed E-state index contributed by atoms with van der Waals surface area (Å²) in [5, 5.41) is 0. The summed E-state index contributed by atoms with van der Waals surface area (Å²) in [6.45, 7) is 1.15. The summed E-state index contributed by atoms with van der Waals surface area (Å²) in [7, 11) is -0.341. The van der Waals surface area contributed by atoms with Crippen molar-refractivity contribution in [2.24, 2.45) is 0 Å². The lowest BCUT2D eigenvalue weighted by Gasteiger charge is -2.09. The standard InChI is InChI=1S/C15H12BF3O2/c17-15(18,19)13-5-1-11(2-6-13)12-3-7-14(8-4-12)16-20-9-10-21-16/h1-8H,9-10H2. The van der Waals surface area contributed by atoms with Gasteiger partial charge in [-0.05, 0) is 28.7 Å². The molecule has 0 saturated carbocycles. The topological polar surface area (TPSA) is 18.5 Å². The van der Waals surface area contributed by atoms with Crippen molar-refractivity contribution in [1.29, 1.82) is 0 Å². The summed E-state index contributed by atoms with van der Waals surface area (Å²) in [6, 6.07) is 12.6. The summed E-state index contributed by atoms with van der Waals surface area (Å²) in [6.07, 6.45) is -4.31. The lowest BCUT2D eigenvalue weighted by atomic mass is 9.79. The van der Waals surface area contributed by atoms with Crippen molar-refractivity contribution in [3.8, 4) is 11.1 Å². The van der Waals surface area contributed by atoms with Crippen LogP contribution < -0.4 is 5.46 Å². The van der Waals surface area contributed by atoms with E-state index in [2.05, 4.69) is 0 Å². The number of benzene rings is 2. The fraction of sp³-hybridized carbons (Fsp3) is 0.200. The van der Waals surface area contributed by atoms with Crippen molar-refractivity contribution in [3.63, 3.8) is 0 Å². The van der Waals surface area contributed by atoms with Gasteiger partial charge in [-0.25, -0.2) is 0 Å². The fourth-order valence-electron chi connectivity index (χ4n) is 2.24. The molecule has 0 radical (unpaired) electrons. The molecule has 2 aromatic carbocycles. The monoisotopic (exact) mass is 292 g/mol. The first-order valence-electron chi connectivity index (χ1n) is 6.55. The van der Waals surface area contributed by atoms with Gasteiger partial charge in [-0.2, -0.15) is 13.2 Å². The molecule has 0 bridgehead atoms. The Morgan fingerprint density at radius 2 is 1.24 bits per heavy atom. The van der Waals surface area contributed by atoms with Crippen LogP contribution in [0.5, 0.6) is 0 Å². The van der Waals surface area contributed by atoms with E-state index >= 15 is 0 Å². The molecule has 3 rings (SSSR count). The zero-order valence-corrected chi connectivity index (χ0v) is 11.1. The van der Waals surface area contributed by atoms with Crippen molar-refractivity contribution < 1.29 is 22.5 Å². The van der Waals surface area contributed by atoms with Gasteiger partial charge in [-0.15, -0.1) is 0 Å². The molecule has 2 nitrogen and oxygen atoms in total. The molecule has 108 valence electrons. The summed E-state index contributed by atoms with van der Waals surface area (Å²) in [5.41, 5.74) is 1.85. The van der Waals surface area contributed by atoms with Gasteiger partial charge in [-0.1, -0.05) is 36.4 Å². The Morgan fingerprint density at radius 1 is 0.762 bits per heavy atom. The zero-order chi connectivity index (χ0) is 14.9. The highest BCUT2D eigenvalue weighted by molar-refractivity contribution is 6.61. The van der Waals surface area contributed by atoms with E-state index in [1.807, 2.05) is 24.3 Å². The second-order valence-electron chi connectivity index (χ2n) is 4.77. The maximum absolute atomic E-state index is 12.5. The van der Waals surface area contributed by atoms with Crippen LogP contribution in [0.2, 0.25) is 0 Å². The van der Waals surface area contributed by atoms with Gasteiger partial charge in [-0.3, -0.25) is 0 Å². The highest BCUT2D eigenvalue weighted by Gasteiger charge is 2.30. The van der Waals surface area contributed by atoms with Crippen LogP contribution in [0.25, 0.3) is 11.1 Å². The normalized spacial score (nSPS) is 15.5. The first kappa shape index (κ1) is 14.2. The molecule has 0 spiro atoms. The molecule has 2 aromatic rings. The van der Waals surface area contributed by atoms with Crippen molar-refractivity contribution in [2.75, 3.05) is 13.2 Å². The summed E-state index contributed by atoms with van der Waals surface area (Å²) >= 11 is 0. The Kier molecular flexibility index (Phi) is 3.74. The van der Waals surface area contributed by atoms with Crippen LogP contribution >= 0.6 is 0 Å². The Hall–Kier alpha value is -1.79. The van der Waals surface area contributed by atoms with Crippen LogP contribution in [-0.4, -0.2) is 20.3 Å². The molecule has 21 heavy (non-hydrogen) atoms. The van der Waals surface area contributed by atoms with Crippen LogP contribution in [0, 0.1) is 0 Å². The number of alkyl halides is 3. The smallest absolute Gasteiger partial charge is 0.405 e. The van der Waals surface area contributed by atoms with Crippen molar-refractivity contribution in [3.05, 3.63) is 54.1 Å². The molecule has 1 aliphatic heterocycles. The van der Waals surface area contributed by atoms with E-state index < -0.39 is 11.7 Å². The van der Waals surface area contributed by atoms with Crippen molar-refractivity contribution in [2.45, 2.75) is 6.18 Å². The second-order valence-corrected chi connectivity index (χ2v) is 4.77. The summed E-state index contributed by atoms with van der Waals surface area (Å²) < 4.78 is 48.3. The van der Waals surface area contributed by atoms with Gasteiger partial charge < -0.3 is 9.31 Å². The Balaban J connectivity index is 1.80. The Labute approximate surface area is 120 Å². The average molecular weight is 292 g/mol. The molecule has 1 heterocycles. The van der Waals surface area contributed by atoms with Gasteiger partial charge in [0.2, 0.25) is 0 Å². The number of halogens is 3. The molecule has 0 unspecified atom stereocenters. The van der Waals surface area contributed by atoms with E-state index in [9.17, 15) is 13.2 Å². The molecular formula is C15H12BF3O2. The lowest BCUT2D eigenvalue weighted by Crippen LogP contribution is -2.31. The van der Waals surface area contributed by atoms with Crippen LogP contribution in [0.3, 0.4) is 0 Å². The summed E-state index contributed by atoms with van der Waals surface area (Å²) in [5.74, 6) is 0. The number of rotatable bonds is 2.